The average molecular weight is 714 g/mol. The fourth-order valence-electron chi connectivity index (χ4n) is 6.15. The van der Waals surface area contributed by atoms with E-state index in [1.54, 1.807) is 40.5 Å². The minimum absolute atomic E-state index is 0.0352. The van der Waals surface area contributed by atoms with E-state index in [0.29, 0.717) is 23.4 Å². The SMILES string of the molecule is [CH]c1cc(C(=O)N2CCCC2c2cccs2)cc(N(CS(C)(=O)=O)[C@@H](Cc2ccccc2)[C@H](O)CNCc2cccc(OC(F)(F)F)c2)c1. The monoisotopic (exact) mass is 713 g/mol. The molecule has 2 radical (unpaired) electrons. The van der Waals surface area contributed by atoms with Crippen LogP contribution in [0.4, 0.5) is 18.9 Å². The summed E-state index contributed by atoms with van der Waals surface area (Å²) in [7, 11) is -3.67. The topological polar surface area (TPSA) is 99.2 Å². The van der Waals surface area contributed by atoms with Crippen LogP contribution in [0.2, 0.25) is 0 Å². The minimum atomic E-state index is -4.83. The van der Waals surface area contributed by atoms with E-state index in [9.17, 15) is 31.5 Å². The van der Waals surface area contributed by atoms with Gasteiger partial charge in [-0.05, 0) is 84.7 Å². The van der Waals surface area contributed by atoms with Crippen LogP contribution >= 0.6 is 11.3 Å². The number of carbonyl (C=O) groups is 1. The number of hydrogen-bond donors (Lipinski definition) is 2. The van der Waals surface area contributed by atoms with Crippen molar-refractivity contribution in [3.05, 3.63) is 124 Å². The van der Waals surface area contributed by atoms with Gasteiger partial charge in [0.15, 0.2) is 9.84 Å². The molecule has 1 amide bonds. The number of nitrogens with one attached hydrogen (secondary N) is 1. The quantitative estimate of drug-likeness (QED) is 0.159. The molecule has 0 bridgehead atoms. The number of rotatable bonds is 14. The van der Waals surface area contributed by atoms with Crippen molar-refractivity contribution in [2.24, 2.45) is 0 Å². The maximum Gasteiger partial charge on any atom is 0.573 e. The van der Waals surface area contributed by atoms with Crippen LogP contribution in [0.1, 0.15) is 50.8 Å². The maximum atomic E-state index is 13.9. The Morgan fingerprint density at radius 2 is 1.84 bits per heavy atom. The van der Waals surface area contributed by atoms with E-state index in [1.165, 1.54) is 18.2 Å². The van der Waals surface area contributed by atoms with Gasteiger partial charge in [0, 0.05) is 42.0 Å². The van der Waals surface area contributed by atoms with Gasteiger partial charge >= 0.3 is 6.36 Å². The Morgan fingerprint density at radius 1 is 1.08 bits per heavy atom. The van der Waals surface area contributed by atoms with Crippen LogP contribution in [-0.4, -0.2) is 68.1 Å². The number of carbonyl (C=O) groups excluding carboxylic acids is 1. The second-order valence-electron chi connectivity index (χ2n) is 12.2. The number of benzene rings is 3. The van der Waals surface area contributed by atoms with E-state index >= 15 is 0 Å². The van der Waals surface area contributed by atoms with E-state index in [0.717, 1.165) is 29.5 Å². The lowest BCUT2D eigenvalue weighted by atomic mass is 9.98. The van der Waals surface area contributed by atoms with Crippen molar-refractivity contribution in [1.29, 1.82) is 0 Å². The summed E-state index contributed by atoms with van der Waals surface area (Å²) in [6.45, 7) is 6.99. The zero-order chi connectivity index (χ0) is 35.2. The summed E-state index contributed by atoms with van der Waals surface area (Å²) >= 11 is 1.59. The molecule has 3 aromatic carbocycles. The lowest BCUT2D eigenvalue weighted by Gasteiger charge is -2.37. The molecule has 0 spiro atoms. The Hall–Kier alpha value is -3.91. The molecule has 1 aromatic heterocycles. The van der Waals surface area contributed by atoms with Crippen molar-refractivity contribution < 1.29 is 36.2 Å². The predicted molar refractivity (Wildman–Crippen MR) is 184 cm³/mol. The van der Waals surface area contributed by atoms with Crippen molar-refractivity contribution in [3.63, 3.8) is 0 Å². The Kier molecular flexibility index (Phi) is 11.7. The summed E-state index contributed by atoms with van der Waals surface area (Å²) in [6, 6.07) is 22.6. The zero-order valence-electron chi connectivity index (χ0n) is 26.8. The van der Waals surface area contributed by atoms with E-state index < -0.39 is 34.2 Å². The van der Waals surface area contributed by atoms with Crippen LogP contribution in [0.5, 0.6) is 5.75 Å². The second-order valence-corrected chi connectivity index (χ2v) is 15.2. The number of likely N-dealkylation sites (tertiary alicyclic amines) is 1. The highest BCUT2D eigenvalue weighted by molar-refractivity contribution is 7.90. The Labute approximate surface area is 289 Å². The number of hydrogen-bond acceptors (Lipinski definition) is 8. The summed E-state index contributed by atoms with van der Waals surface area (Å²) in [5.41, 5.74) is 2.25. The van der Waals surface area contributed by atoms with Crippen molar-refractivity contribution >= 4 is 32.8 Å². The van der Waals surface area contributed by atoms with Gasteiger partial charge in [-0.3, -0.25) is 4.79 Å². The molecule has 1 aliphatic heterocycles. The standard InChI is InChI=1S/C36H38F3N3O5S2/c1-25-17-28(35(44)41-15-7-13-31(41)34-14-8-16-48-34)21-29(18-25)42(24-49(2,45)46)32(20-26-9-4-3-5-10-26)33(43)23-40-22-27-11-6-12-30(19-27)47-36(37,38)39/h1,3-6,8-12,14,16-19,21,31-33,40,43H,7,13,15,20,22-24H2,2H3/t31?,32-,33+/m0/s1. The van der Waals surface area contributed by atoms with Crippen LogP contribution in [0.3, 0.4) is 0 Å². The van der Waals surface area contributed by atoms with Gasteiger partial charge in [-0.15, -0.1) is 24.5 Å². The molecular weight excluding hydrogens is 676 g/mol. The Balaban J connectivity index is 1.43. The Morgan fingerprint density at radius 3 is 2.53 bits per heavy atom. The molecule has 1 saturated heterocycles. The molecule has 2 N–H and O–H groups in total. The molecule has 1 aliphatic rings. The highest BCUT2D eigenvalue weighted by atomic mass is 32.2. The van der Waals surface area contributed by atoms with Gasteiger partial charge in [-0.2, -0.15) is 0 Å². The highest BCUT2D eigenvalue weighted by Crippen LogP contribution is 2.36. The lowest BCUT2D eigenvalue weighted by Crippen LogP contribution is -2.51. The van der Waals surface area contributed by atoms with Crippen LogP contribution in [-0.2, 0) is 22.8 Å². The number of sulfone groups is 1. The van der Waals surface area contributed by atoms with Crippen molar-refractivity contribution in [3.8, 4) is 5.75 Å². The largest absolute Gasteiger partial charge is 0.573 e. The molecule has 4 aromatic rings. The number of anilines is 1. The van der Waals surface area contributed by atoms with E-state index in [2.05, 4.69) is 10.1 Å². The summed E-state index contributed by atoms with van der Waals surface area (Å²) < 4.78 is 68.0. The van der Waals surface area contributed by atoms with Gasteiger partial charge in [0.1, 0.15) is 11.6 Å². The molecule has 0 saturated carbocycles. The van der Waals surface area contributed by atoms with Crippen molar-refractivity contribution in [2.45, 2.75) is 50.4 Å². The zero-order valence-corrected chi connectivity index (χ0v) is 28.5. The number of ether oxygens (including phenoxy) is 1. The molecule has 2 heterocycles. The third-order valence-electron chi connectivity index (χ3n) is 8.22. The van der Waals surface area contributed by atoms with Crippen molar-refractivity contribution in [2.75, 3.05) is 30.1 Å². The Bertz CT molecular complexity index is 1800. The molecule has 8 nitrogen and oxygen atoms in total. The first-order valence-corrected chi connectivity index (χ1v) is 18.7. The number of halogens is 3. The fourth-order valence-corrected chi connectivity index (χ4v) is 7.87. The smallest absolute Gasteiger partial charge is 0.406 e. The predicted octanol–water partition coefficient (Wildman–Crippen LogP) is 6.25. The number of alkyl halides is 3. The summed E-state index contributed by atoms with van der Waals surface area (Å²) in [5, 5.41) is 16.7. The van der Waals surface area contributed by atoms with E-state index in [-0.39, 0.29) is 42.8 Å². The third kappa shape index (κ3) is 10.3. The normalized spacial score (nSPS) is 16.4. The van der Waals surface area contributed by atoms with E-state index in [4.69, 9.17) is 6.92 Å². The summed E-state index contributed by atoms with van der Waals surface area (Å²) in [5.74, 6) is -1.06. The van der Waals surface area contributed by atoms with Crippen LogP contribution in [0, 0.1) is 6.92 Å². The molecule has 13 heteroatoms. The first kappa shape index (κ1) is 36.4. The van der Waals surface area contributed by atoms with Crippen molar-refractivity contribution in [1.82, 2.24) is 10.2 Å². The highest BCUT2D eigenvalue weighted by Gasteiger charge is 2.34. The van der Waals surface area contributed by atoms with Gasteiger partial charge in [-0.25, -0.2) is 8.42 Å². The van der Waals surface area contributed by atoms with Crippen LogP contribution < -0.4 is 15.0 Å². The molecule has 5 rings (SSSR count). The molecular formula is C36H38F3N3O5S2. The minimum Gasteiger partial charge on any atom is -0.406 e. The number of aliphatic hydroxyl groups is 1. The average Bonchev–Trinajstić information content (AvgIpc) is 3.74. The van der Waals surface area contributed by atoms with Crippen LogP contribution in [0.25, 0.3) is 0 Å². The molecule has 3 atom stereocenters. The summed E-state index contributed by atoms with van der Waals surface area (Å²) in [6.07, 6.45) is -2.99. The lowest BCUT2D eigenvalue weighted by molar-refractivity contribution is -0.274. The molecule has 0 aliphatic carbocycles. The number of aliphatic hydroxyl groups excluding tert-OH is 1. The molecule has 1 unspecified atom stereocenters. The van der Waals surface area contributed by atoms with Gasteiger partial charge in [-0.1, -0.05) is 48.5 Å². The second kappa shape index (κ2) is 15.8. The fraction of sp³-hybridized carbons (Fsp3) is 0.333. The molecule has 260 valence electrons. The molecule has 49 heavy (non-hydrogen) atoms. The number of thiophene rings is 1. The van der Waals surface area contributed by atoms with Gasteiger partial charge in [0.05, 0.1) is 18.2 Å². The first-order valence-electron chi connectivity index (χ1n) is 15.7. The van der Waals surface area contributed by atoms with Gasteiger partial charge in [0.25, 0.3) is 5.91 Å². The third-order valence-corrected chi connectivity index (χ3v) is 9.95. The molecule has 1 fully saturated rings. The van der Waals surface area contributed by atoms with Gasteiger partial charge < -0.3 is 25.0 Å². The first-order chi connectivity index (χ1) is 23.3. The number of nitrogens with zero attached hydrogens (tertiary/aromatic N) is 2. The van der Waals surface area contributed by atoms with Crippen LogP contribution in [0.15, 0.2) is 90.3 Å². The van der Waals surface area contributed by atoms with Gasteiger partial charge in [0.2, 0.25) is 0 Å². The number of amides is 1. The van der Waals surface area contributed by atoms with E-state index in [1.807, 2.05) is 52.7 Å². The summed E-state index contributed by atoms with van der Waals surface area (Å²) in [4.78, 5) is 18.4. The maximum absolute atomic E-state index is 13.9.